The lowest BCUT2D eigenvalue weighted by atomic mass is 10.0. The first kappa shape index (κ1) is 6.40. The zero-order valence-corrected chi connectivity index (χ0v) is 6.13. The van der Waals surface area contributed by atoms with Gasteiger partial charge in [0.2, 0.25) is 6.36 Å². The quantitative estimate of drug-likeness (QED) is 0.578. The van der Waals surface area contributed by atoms with Crippen molar-refractivity contribution < 1.29 is 13.5 Å². The molecule has 1 aromatic carbocycles. The molecule has 0 saturated carbocycles. The van der Waals surface area contributed by atoms with Crippen molar-refractivity contribution in [2.24, 2.45) is 0 Å². The molecule has 1 aromatic rings. The molecular weight excluding hydrogens is 162 g/mol. The van der Waals surface area contributed by atoms with E-state index in [1.54, 1.807) is 18.2 Å². The molecule has 4 bridgehead atoms. The van der Waals surface area contributed by atoms with Crippen LogP contribution in [0, 0.1) is 0 Å². The summed E-state index contributed by atoms with van der Waals surface area (Å²) in [6.07, 6.45) is -2.68. The van der Waals surface area contributed by atoms with Gasteiger partial charge < -0.3 is 4.74 Å². The minimum absolute atomic E-state index is 0.433. The molecule has 0 saturated heterocycles. The maximum absolute atomic E-state index is 13.4. The molecule has 0 amide bonds. The Hall–Kier alpha value is -1.12. The molecule has 0 radical (unpaired) electrons. The van der Waals surface area contributed by atoms with Crippen molar-refractivity contribution in [3.05, 3.63) is 29.3 Å². The molecule has 3 atom stereocenters. The zero-order chi connectivity index (χ0) is 8.29. The van der Waals surface area contributed by atoms with E-state index in [2.05, 4.69) is 0 Å². The second-order valence-electron chi connectivity index (χ2n) is 3.16. The number of alkyl halides is 2. The van der Waals surface area contributed by atoms with Crippen molar-refractivity contribution in [3.63, 3.8) is 0 Å². The van der Waals surface area contributed by atoms with E-state index < -0.39 is 18.4 Å². The number of hydrogen-bond acceptors (Lipinski definition) is 1. The lowest BCUT2D eigenvalue weighted by Crippen LogP contribution is -2.19. The first-order valence-corrected chi connectivity index (χ1v) is 3.86. The Bertz CT molecular complexity index is 350. The van der Waals surface area contributed by atoms with Crippen LogP contribution < -0.4 is 4.74 Å². The molecule has 1 aliphatic heterocycles. The van der Waals surface area contributed by atoms with Crippen molar-refractivity contribution in [2.45, 2.75) is 18.4 Å². The van der Waals surface area contributed by atoms with E-state index >= 15 is 0 Å². The summed E-state index contributed by atoms with van der Waals surface area (Å²) in [5, 5.41) is 0. The van der Waals surface area contributed by atoms with Crippen molar-refractivity contribution in [2.75, 3.05) is 0 Å². The number of para-hydroxylation sites is 1. The first-order valence-electron chi connectivity index (χ1n) is 3.86. The van der Waals surface area contributed by atoms with E-state index in [4.69, 9.17) is 4.74 Å². The molecule has 2 aliphatic rings. The molecule has 1 heterocycles. The summed E-state index contributed by atoms with van der Waals surface area (Å²) in [5.74, 6) is -0.271. The summed E-state index contributed by atoms with van der Waals surface area (Å²) < 4.78 is 31.1. The van der Waals surface area contributed by atoms with Crippen LogP contribution in [0.4, 0.5) is 8.78 Å². The zero-order valence-electron chi connectivity index (χ0n) is 6.13. The summed E-state index contributed by atoms with van der Waals surface area (Å²) in [7, 11) is 0. The van der Waals surface area contributed by atoms with E-state index in [9.17, 15) is 8.78 Å². The Morgan fingerprint density at radius 3 is 2.67 bits per heavy atom. The van der Waals surface area contributed by atoms with Crippen LogP contribution in [0.5, 0.6) is 5.75 Å². The average Bonchev–Trinajstić information content (AvgIpc) is 2.42. The third-order valence-corrected chi connectivity index (χ3v) is 2.56. The normalized spacial score (nSPS) is 35.3. The highest BCUT2D eigenvalue weighted by Crippen LogP contribution is 2.57. The second-order valence-corrected chi connectivity index (χ2v) is 3.16. The number of hydrogen-bond donors (Lipinski definition) is 0. The van der Waals surface area contributed by atoms with Crippen LogP contribution >= 0.6 is 0 Å². The molecule has 1 nitrogen and oxygen atoms in total. The van der Waals surface area contributed by atoms with E-state index in [1.807, 2.05) is 0 Å². The highest BCUT2D eigenvalue weighted by atomic mass is 19.2. The van der Waals surface area contributed by atoms with Gasteiger partial charge in [-0.1, -0.05) is 18.2 Å². The summed E-state index contributed by atoms with van der Waals surface area (Å²) in [6, 6.07) is 5.11. The predicted octanol–water partition coefficient (Wildman–Crippen LogP) is 2.48. The number of benzene rings is 1. The van der Waals surface area contributed by atoms with Crippen molar-refractivity contribution in [3.8, 4) is 5.75 Å². The van der Waals surface area contributed by atoms with Crippen LogP contribution in [-0.4, -0.2) is 6.36 Å². The molecule has 0 aromatic heterocycles. The standard InChI is InChI=1S/C9H6F2O/c10-7-5-3-1-2-4-6(7)9(11)12-8(4)5/h1-3,6-7,9H. The molecule has 3 heteroatoms. The van der Waals surface area contributed by atoms with Crippen LogP contribution in [0.1, 0.15) is 23.2 Å². The van der Waals surface area contributed by atoms with Crippen LogP contribution in [-0.2, 0) is 0 Å². The van der Waals surface area contributed by atoms with Crippen LogP contribution in [0.2, 0.25) is 0 Å². The number of halogens is 2. The Morgan fingerprint density at radius 1 is 1.17 bits per heavy atom. The fourth-order valence-corrected chi connectivity index (χ4v) is 2.00. The van der Waals surface area contributed by atoms with Crippen LogP contribution in [0.25, 0.3) is 0 Å². The smallest absolute Gasteiger partial charge is 0.248 e. The molecule has 12 heavy (non-hydrogen) atoms. The summed E-state index contributed by atoms with van der Waals surface area (Å²) in [4.78, 5) is 0. The number of rotatable bonds is 0. The fourth-order valence-electron chi connectivity index (χ4n) is 2.00. The van der Waals surface area contributed by atoms with Crippen LogP contribution in [0.3, 0.4) is 0 Å². The Kier molecular flexibility index (Phi) is 0.953. The van der Waals surface area contributed by atoms with Gasteiger partial charge in [0.25, 0.3) is 0 Å². The van der Waals surface area contributed by atoms with E-state index in [1.165, 1.54) is 0 Å². The van der Waals surface area contributed by atoms with E-state index in [0.29, 0.717) is 16.9 Å². The SMILES string of the molecule is FC1Oc2c3cccc2C1C3F. The Morgan fingerprint density at radius 2 is 1.92 bits per heavy atom. The van der Waals surface area contributed by atoms with Gasteiger partial charge in [-0.15, -0.1) is 0 Å². The Balaban J connectivity index is 2.29. The maximum Gasteiger partial charge on any atom is 0.248 e. The second kappa shape index (κ2) is 1.79. The van der Waals surface area contributed by atoms with E-state index in [-0.39, 0.29) is 0 Å². The highest BCUT2D eigenvalue weighted by molar-refractivity contribution is 5.55. The molecule has 1 aliphatic carbocycles. The molecule has 0 N–H and O–H groups in total. The third-order valence-electron chi connectivity index (χ3n) is 2.56. The highest BCUT2D eigenvalue weighted by Gasteiger charge is 2.49. The topological polar surface area (TPSA) is 9.23 Å². The van der Waals surface area contributed by atoms with Gasteiger partial charge in [0.15, 0.2) is 0 Å². The van der Waals surface area contributed by atoms with Gasteiger partial charge in [0, 0.05) is 11.1 Å². The van der Waals surface area contributed by atoms with Crippen molar-refractivity contribution in [1.29, 1.82) is 0 Å². The lowest BCUT2D eigenvalue weighted by Gasteiger charge is -2.18. The molecule has 3 unspecified atom stereocenters. The average molecular weight is 168 g/mol. The molecular formula is C9H6F2O. The minimum atomic E-state index is -1.48. The van der Waals surface area contributed by atoms with Gasteiger partial charge in [-0.2, -0.15) is 0 Å². The predicted molar refractivity (Wildman–Crippen MR) is 38.6 cm³/mol. The van der Waals surface area contributed by atoms with Gasteiger partial charge in [0.05, 0.1) is 5.92 Å². The van der Waals surface area contributed by atoms with Gasteiger partial charge in [-0.05, 0) is 0 Å². The van der Waals surface area contributed by atoms with Gasteiger partial charge >= 0.3 is 0 Å². The first-order chi connectivity index (χ1) is 5.79. The van der Waals surface area contributed by atoms with Crippen LogP contribution in [0.15, 0.2) is 18.2 Å². The van der Waals surface area contributed by atoms with Crippen molar-refractivity contribution in [1.82, 2.24) is 0 Å². The molecule has 3 rings (SSSR count). The monoisotopic (exact) mass is 168 g/mol. The summed E-state index contributed by atoms with van der Waals surface area (Å²) in [5.41, 5.74) is 1.19. The van der Waals surface area contributed by atoms with E-state index in [0.717, 1.165) is 0 Å². The Labute approximate surface area is 68.0 Å². The third kappa shape index (κ3) is 0.510. The minimum Gasteiger partial charge on any atom is -0.459 e. The fraction of sp³-hybridized carbons (Fsp3) is 0.333. The molecule has 62 valence electrons. The molecule has 0 spiro atoms. The van der Waals surface area contributed by atoms with Gasteiger partial charge in [0.1, 0.15) is 11.9 Å². The lowest BCUT2D eigenvalue weighted by molar-refractivity contribution is 0.0220. The largest absolute Gasteiger partial charge is 0.459 e. The summed E-state index contributed by atoms with van der Waals surface area (Å²) in [6.45, 7) is 0. The van der Waals surface area contributed by atoms with Crippen molar-refractivity contribution >= 4 is 0 Å². The number of ether oxygens (including phenoxy) is 1. The maximum atomic E-state index is 13.4. The van der Waals surface area contributed by atoms with Gasteiger partial charge in [-0.3, -0.25) is 0 Å². The molecule has 0 fully saturated rings. The summed E-state index contributed by atoms with van der Waals surface area (Å²) >= 11 is 0. The van der Waals surface area contributed by atoms with Gasteiger partial charge in [-0.25, -0.2) is 8.78 Å².